The molecule has 2 heterocycles. The Labute approximate surface area is 137 Å². The number of nitrogens with zero attached hydrogens (tertiary/aromatic N) is 3. The van der Waals surface area contributed by atoms with Crippen LogP contribution < -0.4 is 5.32 Å². The van der Waals surface area contributed by atoms with Gasteiger partial charge in [0.25, 0.3) is 0 Å². The average Bonchev–Trinajstić information content (AvgIpc) is 2.61. The van der Waals surface area contributed by atoms with Crippen molar-refractivity contribution in [2.24, 2.45) is 0 Å². The first-order valence-electron chi connectivity index (χ1n) is 8.41. The molecule has 0 saturated carbocycles. The van der Waals surface area contributed by atoms with Gasteiger partial charge in [0.15, 0.2) is 0 Å². The molecule has 4 nitrogen and oxygen atoms in total. The molecular formula is C19H22N4. The number of pyridine rings is 2. The van der Waals surface area contributed by atoms with Crippen molar-refractivity contribution in [3.8, 4) is 6.07 Å². The molecule has 0 bridgehead atoms. The van der Waals surface area contributed by atoms with Crippen molar-refractivity contribution in [3.63, 3.8) is 0 Å². The molecule has 1 aliphatic carbocycles. The second-order valence-electron chi connectivity index (χ2n) is 6.02. The summed E-state index contributed by atoms with van der Waals surface area (Å²) >= 11 is 0. The number of hydrogen-bond donors (Lipinski definition) is 1. The first-order valence-corrected chi connectivity index (χ1v) is 8.41. The van der Waals surface area contributed by atoms with Gasteiger partial charge in [0.05, 0.1) is 5.56 Å². The number of fused-ring (bicyclic) bond motifs is 1. The molecule has 0 spiro atoms. The van der Waals surface area contributed by atoms with E-state index in [1.54, 1.807) is 6.20 Å². The van der Waals surface area contributed by atoms with Crippen molar-refractivity contribution < 1.29 is 0 Å². The fraction of sp³-hybridized carbons (Fsp3) is 0.421. The molecule has 2 aromatic rings. The molecule has 1 N–H and O–H groups in total. The van der Waals surface area contributed by atoms with Crippen LogP contribution in [0.3, 0.4) is 0 Å². The van der Waals surface area contributed by atoms with Gasteiger partial charge in [-0.05, 0) is 54.9 Å². The zero-order chi connectivity index (χ0) is 16.1. The van der Waals surface area contributed by atoms with Crippen LogP contribution in [0.15, 0.2) is 24.5 Å². The van der Waals surface area contributed by atoms with E-state index in [0.717, 1.165) is 42.6 Å². The third kappa shape index (κ3) is 3.34. The SMILES string of the molecule is CCCc1nc(NCc2cccnc2)c(C#N)c2c1CCCC2. The highest BCUT2D eigenvalue weighted by molar-refractivity contribution is 5.60. The molecule has 0 amide bonds. The number of nitrogens with one attached hydrogen (secondary N) is 1. The van der Waals surface area contributed by atoms with Gasteiger partial charge in [-0.15, -0.1) is 0 Å². The number of aromatic nitrogens is 2. The normalized spacial score (nSPS) is 13.2. The maximum absolute atomic E-state index is 9.65. The van der Waals surface area contributed by atoms with Crippen LogP contribution in [-0.2, 0) is 25.8 Å². The van der Waals surface area contributed by atoms with Crippen molar-refractivity contribution >= 4 is 5.82 Å². The monoisotopic (exact) mass is 306 g/mol. The quantitative estimate of drug-likeness (QED) is 0.913. The summed E-state index contributed by atoms with van der Waals surface area (Å²) in [6.45, 7) is 2.82. The van der Waals surface area contributed by atoms with Crippen LogP contribution in [0.1, 0.15) is 54.1 Å². The molecule has 0 atom stereocenters. The lowest BCUT2D eigenvalue weighted by molar-refractivity contribution is 0.667. The van der Waals surface area contributed by atoms with Crippen LogP contribution in [-0.4, -0.2) is 9.97 Å². The Kier molecular flexibility index (Phi) is 4.87. The van der Waals surface area contributed by atoms with Crippen molar-refractivity contribution in [2.45, 2.75) is 52.0 Å². The summed E-state index contributed by atoms with van der Waals surface area (Å²) < 4.78 is 0. The lowest BCUT2D eigenvalue weighted by Gasteiger charge is -2.22. The molecule has 0 unspecified atom stereocenters. The Morgan fingerprint density at radius 3 is 2.78 bits per heavy atom. The van der Waals surface area contributed by atoms with Gasteiger partial charge in [0.1, 0.15) is 11.9 Å². The summed E-state index contributed by atoms with van der Waals surface area (Å²) in [5.74, 6) is 0.737. The van der Waals surface area contributed by atoms with Crippen LogP contribution in [0.25, 0.3) is 0 Å². The molecule has 23 heavy (non-hydrogen) atoms. The van der Waals surface area contributed by atoms with Gasteiger partial charge in [-0.3, -0.25) is 4.98 Å². The Balaban J connectivity index is 1.95. The van der Waals surface area contributed by atoms with Gasteiger partial charge < -0.3 is 5.32 Å². The number of rotatable bonds is 5. The zero-order valence-corrected chi connectivity index (χ0v) is 13.6. The van der Waals surface area contributed by atoms with E-state index >= 15 is 0 Å². The summed E-state index contributed by atoms with van der Waals surface area (Å²) in [5.41, 5.74) is 5.57. The van der Waals surface area contributed by atoms with E-state index < -0.39 is 0 Å². The topological polar surface area (TPSA) is 61.6 Å². The highest BCUT2D eigenvalue weighted by Crippen LogP contribution is 2.31. The lowest BCUT2D eigenvalue weighted by Crippen LogP contribution is -2.15. The third-order valence-corrected chi connectivity index (χ3v) is 4.38. The average molecular weight is 306 g/mol. The predicted molar refractivity (Wildman–Crippen MR) is 91.2 cm³/mol. The van der Waals surface area contributed by atoms with Crippen LogP contribution >= 0.6 is 0 Å². The van der Waals surface area contributed by atoms with Crippen molar-refractivity contribution in [3.05, 3.63) is 52.5 Å². The van der Waals surface area contributed by atoms with Gasteiger partial charge >= 0.3 is 0 Å². The van der Waals surface area contributed by atoms with Gasteiger partial charge in [-0.25, -0.2) is 4.98 Å². The molecule has 0 aromatic carbocycles. The second-order valence-corrected chi connectivity index (χ2v) is 6.02. The Bertz CT molecular complexity index is 716. The van der Waals surface area contributed by atoms with Crippen LogP contribution in [0, 0.1) is 11.3 Å². The summed E-state index contributed by atoms with van der Waals surface area (Å²) in [6.07, 6.45) is 10.1. The van der Waals surface area contributed by atoms with Crippen LogP contribution in [0.4, 0.5) is 5.82 Å². The number of anilines is 1. The zero-order valence-electron chi connectivity index (χ0n) is 13.6. The van der Waals surface area contributed by atoms with Crippen LogP contribution in [0.5, 0.6) is 0 Å². The molecule has 118 valence electrons. The highest BCUT2D eigenvalue weighted by atomic mass is 15.0. The summed E-state index contributed by atoms with van der Waals surface area (Å²) in [5, 5.41) is 13.0. The summed E-state index contributed by atoms with van der Waals surface area (Å²) in [6, 6.07) is 6.34. The van der Waals surface area contributed by atoms with E-state index in [-0.39, 0.29) is 0 Å². The molecule has 0 fully saturated rings. The summed E-state index contributed by atoms with van der Waals surface area (Å²) in [4.78, 5) is 8.94. The van der Waals surface area contributed by atoms with E-state index in [4.69, 9.17) is 4.98 Å². The van der Waals surface area contributed by atoms with E-state index in [1.165, 1.54) is 29.7 Å². The smallest absolute Gasteiger partial charge is 0.144 e. The molecule has 4 heteroatoms. The van der Waals surface area contributed by atoms with Crippen LogP contribution in [0.2, 0.25) is 0 Å². The minimum atomic E-state index is 0.639. The van der Waals surface area contributed by atoms with E-state index in [0.29, 0.717) is 6.54 Å². The Morgan fingerprint density at radius 2 is 2.09 bits per heavy atom. The molecule has 0 saturated heterocycles. The molecule has 2 aromatic heterocycles. The lowest BCUT2D eigenvalue weighted by atomic mass is 9.87. The number of hydrogen-bond acceptors (Lipinski definition) is 4. The molecule has 3 rings (SSSR count). The standard InChI is InChI=1S/C19H22N4/c1-2-6-18-16-9-4-3-8-15(16)17(11-20)19(23-18)22-13-14-7-5-10-21-12-14/h5,7,10,12H,2-4,6,8-9,13H2,1H3,(H,22,23). The molecule has 1 aliphatic rings. The van der Waals surface area contributed by atoms with E-state index in [9.17, 15) is 5.26 Å². The second kappa shape index (κ2) is 7.23. The fourth-order valence-electron chi connectivity index (χ4n) is 3.28. The maximum Gasteiger partial charge on any atom is 0.144 e. The maximum atomic E-state index is 9.65. The Morgan fingerprint density at radius 1 is 1.26 bits per heavy atom. The van der Waals surface area contributed by atoms with Crippen molar-refractivity contribution in [2.75, 3.05) is 5.32 Å². The van der Waals surface area contributed by atoms with Gasteiger partial charge in [-0.1, -0.05) is 19.4 Å². The number of nitriles is 1. The molecule has 0 aliphatic heterocycles. The first-order chi connectivity index (χ1) is 11.3. The first kappa shape index (κ1) is 15.5. The van der Waals surface area contributed by atoms with Gasteiger partial charge in [0.2, 0.25) is 0 Å². The summed E-state index contributed by atoms with van der Waals surface area (Å²) in [7, 11) is 0. The molecular weight excluding hydrogens is 284 g/mol. The highest BCUT2D eigenvalue weighted by Gasteiger charge is 2.21. The van der Waals surface area contributed by atoms with E-state index in [1.807, 2.05) is 18.3 Å². The largest absolute Gasteiger partial charge is 0.365 e. The van der Waals surface area contributed by atoms with Gasteiger partial charge in [-0.2, -0.15) is 5.26 Å². The fourth-order valence-corrected chi connectivity index (χ4v) is 3.28. The van der Waals surface area contributed by atoms with E-state index in [2.05, 4.69) is 23.3 Å². The predicted octanol–water partition coefficient (Wildman–Crippen LogP) is 3.79. The number of aryl methyl sites for hydroxylation is 1. The van der Waals surface area contributed by atoms with Crippen molar-refractivity contribution in [1.82, 2.24) is 9.97 Å². The van der Waals surface area contributed by atoms with Crippen molar-refractivity contribution in [1.29, 1.82) is 5.26 Å². The third-order valence-electron chi connectivity index (χ3n) is 4.38. The van der Waals surface area contributed by atoms with Gasteiger partial charge in [0, 0.05) is 24.6 Å². The minimum Gasteiger partial charge on any atom is -0.365 e. The Hall–Kier alpha value is -2.41. The molecule has 0 radical (unpaired) electrons. The minimum absolute atomic E-state index is 0.639.